The lowest BCUT2D eigenvalue weighted by Gasteiger charge is -2.57. The zero-order chi connectivity index (χ0) is 21.6. The van der Waals surface area contributed by atoms with Crippen LogP contribution in [0.1, 0.15) is 30.0 Å². The molecule has 2 unspecified atom stereocenters. The standard InChI is InChI=1S/C23H28N2O4S/c1-23-10-11-24(2)20(13-16-6-7-17(26)14-19(16)23)22(23)25(3)21(27)12-15-4-8-18(9-5-15)30(28)29/h4-9,14,20,22,26H,10-13H2,1-3H3,(H,28,29)/p-1/t20?,22-,23+/m0/s1. The number of amides is 1. The number of likely N-dealkylation sites (N-methyl/N-ethyl adjacent to an activating group) is 2. The van der Waals surface area contributed by atoms with Crippen molar-refractivity contribution in [2.45, 2.75) is 48.6 Å². The van der Waals surface area contributed by atoms with Crippen molar-refractivity contribution < 1.29 is 18.7 Å². The number of phenols is 1. The zero-order valence-electron chi connectivity index (χ0n) is 17.5. The first-order valence-corrected chi connectivity index (χ1v) is 11.2. The minimum Gasteiger partial charge on any atom is -0.768 e. The Morgan fingerprint density at radius 3 is 2.67 bits per heavy atom. The van der Waals surface area contributed by atoms with Crippen molar-refractivity contribution in [3.05, 3.63) is 59.2 Å². The number of aromatic hydroxyl groups is 1. The van der Waals surface area contributed by atoms with E-state index in [1.54, 1.807) is 18.2 Å². The van der Waals surface area contributed by atoms with Crippen molar-refractivity contribution in [3.8, 4) is 5.75 Å². The van der Waals surface area contributed by atoms with E-state index in [9.17, 15) is 18.7 Å². The Bertz CT molecular complexity index is 993. The summed E-state index contributed by atoms with van der Waals surface area (Å²) in [5, 5.41) is 10.1. The maximum atomic E-state index is 13.2. The molecule has 1 saturated heterocycles. The Hall–Kier alpha value is -2.22. The van der Waals surface area contributed by atoms with Gasteiger partial charge in [-0.25, -0.2) is 0 Å². The van der Waals surface area contributed by atoms with E-state index in [2.05, 4.69) is 18.9 Å². The highest BCUT2D eigenvalue weighted by Crippen LogP contribution is 2.47. The number of likely N-dealkylation sites (tertiary alicyclic amines) is 1. The molecule has 1 aliphatic carbocycles. The van der Waals surface area contributed by atoms with Gasteiger partial charge < -0.3 is 19.5 Å². The number of hydrogen-bond donors (Lipinski definition) is 1. The van der Waals surface area contributed by atoms with Gasteiger partial charge in [-0.1, -0.05) is 25.1 Å². The second-order valence-corrected chi connectivity index (χ2v) is 9.71. The lowest BCUT2D eigenvalue weighted by atomic mass is 9.61. The quantitative estimate of drug-likeness (QED) is 0.757. The summed E-state index contributed by atoms with van der Waals surface area (Å²) in [6, 6.07) is 12.3. The molecule has 1 N–H and O–H groups in total. The van der Waals surface area contributed by atoms with Gasteiger partial charge in [0.1, 0.15) is 5.75 Å². The molecular weight excluding hydrogens is 400 g/mol. The number of rotatable bonds is 4. The van der Waals surface area contributed by atoms with E-state index in [1.165, 1.54) is 17.7 Å². The molecule has 2 aliphatic rings. The molecule has 1 amide bonds. The Morgan fingerprint density at radius 1 is 1.30 bits per heavy atom. The molecule has 2 aromatic rings. The molecular formula is C23H27N2O4S-. The van der Waals surface area contributed by atoms with E-state index in [1.807, 2.05) is 24.1 Å². The van der Waals surface area contributed by atoms with Crippen LogP contribution in [0.25, 0.3) is 0 Å². The van der Waals surface area contributed by atoms with Gasteiger partial charge in [-0.3, -0.25) is 9.00 Å². The largest absolute Gasteiger partial charge is 0.768 e. The number of phenolic OH excluding ortho intramolecular Hbond substituents is 1. The van der Waals surface area contributed by atoms with E-state index < -0.39 is 11.1 Å². The smallest absolute Gasteiger partial charge is 0.227 e. The fraction of sp³-hybridized carbons (Fsp3) is 0.435. The second-order valence-electron chi connectivity index (χ2n) is 8.77. The molecule has 1 aliphatic heterocycles. The molecule has 4 rings (SSSR count). The third-order valence-electron chi connectivity index (χ3n) is 6.99. The summed E-state index contributed by atoms with van der Waals surface area (Å²) >= 11 is -2.27. The zero-order valence-corrected chi connectivity index (χ0v) is 18.3. The van der Waals surface area contributed by atoms with Crippen molar-refractivity contribution in [2.24, 2.45) is 0 Å². The first kappa shape index (κ1) is 21.0. The SMILES string of the molecule is CN1CC[C@]2(C)c3cc(O)ccc3CC1[C@@H]2N(C)C(=O)Cc1ccc(S(=O)[O-])cc1. The van der Waals surface area contributed by atoms with Crippen molar-refractivity contribution in [2.75, 3.05) is 20.6 Å². The van der Waals surface area contributed by atoms with Crippen LogP contribution in [0, 0.1) is 0 Å². The van der Waals surface area contributed by atoms with Crippen LogP contribution in [0.15, 0.2) is 47.4 Å². The lowest BCUT2D eigenvalue weighted by Crippen LogP contribution is -2.67. The number of benzene rings is 2. The summed E-state index contributed by atoms with van der Waals surface area (Å²) in [5.74, 6) is 0.266. The van der Waals surface area contributed by atoms with Gasteiger partial charge in [0.05, 0.1) is 12.5 Å². The minimum atomic E-state index is -2.27. The molecule has 1 fully saturated rings. The summed E-state index contributed by atoms with van der Waals surface area (Å²) in [4.78, 5) is 17.6. The summed E-state index contributed by atoms with van der Waals surface area (Å²) in [5.41, 5.74) is 2.93. The first-order chi connectivity index (χ1) is 14.2. The van der Waals surface area contributed by atoms with Crippen LogP contribution in [0.2, 0.25) is 0 Å². The molecule has 4 atom stereocenters. The van der Waals surface area contributed by atoms with Gasteiger partial charge in [0, 0.05) is 23.4 Å². The van der Waals surface area contributed by atoms with Crippen molar-refractivity contribution in [1.29, 1.82) is 0 Å². The molecule has 0 radical (unpaired) electrons. The van der Waals surface area contributed by atoms with E-state index >= 15 is 0 Å². The topological polar surface area (TPSA) is 83.9 Å². The van der Waals surface area contributed by atoms with Gasteiger partial charge in [0.15, 0.2) is 0 Å². The van der Waals surface area contributed by atoms with E-state index in [0.717, 1.165) is 30.5 Å². The highest BCUT2D eigenvalue weighted by atomic mass is 32.2. The molecule has 6 nitrogen and oxygen atoms in total. The number of carbonyl (C=O) groups excluding carboxylic acids is 1. The van der Waals surface area contributed by atoms with Crippen LogP contribution in [-0.4, -0.2) is 62.3 Å². The lowest BCUT2D eigenvalue weighted by molar-refractivity contribution is -0.136. The molecule has 0 saturated carbocycles. The Labute approximate surface area is 179 Å². The Balaban J connectivity index is 1.63. The Morgan fingerprint density at radius 2 is 2.00 bits per heavy atom. The van der Waals surface area contributed by atoms with E-state index in [4.69, 9.17) is 0 Å². The van der Waals surface area contributed by atoms with Gasteiger partial charge in [-0.15, -0.1) is 0 Å². The van der Waals surface area contributed by atoms with Crippen LogP contribution >= 0.6 is 0 Å². The van der Waals surface area contributed by atoms with Gasteiger partial charge in [-0.2, -0.15) is 0 Å². The molecule has 160 valence electrons. The number of fused-ring (bicyclic) bond motifs is 4. The van der Waals surface area contributed by atoms with E-state index in [-0.39, 0.29) is 40.5 Å². The van der Waals surface area contributed by atoms with Crippen LogP contribution in [0.4, 0.5) is 0 Å². The third-order valence-corrected chi connectivity index (χ3v) is 7.64. The maximum Gasteiger partial charge on any atom is 0.227 e. The molecule has 1 heterocycles. The summed E-state index contributed by atoms with van der Waals surface area (Å²) in [7, 11) is 3.98. The summed E-state index contributed by atoms with van der Waals surface area (Å²) in [6.45, 7) is 3.15. The predicted octanol–water partition coefficient (Wildman–Crippen LogP) is 2.22. The monoisotopic (exact) mass is 427 g/mol. The van der Waals surface area contributed by atoms with Crippen LogP contribution in [0.3, 0.4) is 0 Å². The fourth-order valence-electron chi connectivity index (χ4n) is 5.31. The molecule has 7 heteroatoms. The minimum absolute atomic E-state index is 0.00567. The molecule has 30 heavy (non-hydrogen) atoms. The summed E-state index contributed by atoms with van der Waals surface area (Å²) in [6.07, 6.45) is 1.97. The number of carbonyl (C=O) groups is 1. The average molecular weight is 428 g/mol. The molecule has 2 aromatic carbocycles. The van der Waals surface area contributed by atoms with Crippen molar-refractivity contribution >= 4 is 17.0 Å². The normalized spacial score (nSPS) is 26.7. The second kappa shape index (κ2) is 7.80. The Kier molecular flexibility index (Phi) is 5.46. The highest BCUT2D eigenvalue weighted by molar-refractivity contribution is 7.79. The predicted molar refractivity (Wildman–Crippen MR) is 114 cm³/mol. The summed E-state index contributed by atoms with van der Waals surface area (Å²) < 4.78 is 22.1. The van der Waals surface area contributed by atoms with Gasteiger partial charge in [-0.05, 0) is 78.5 Å². The van der Waals surface area contributed by atoms with Crippen molar-refractivity contribution in [3.63, 3.8) is 0 Å². The van der Waals surface area contributed by atoms with E-state index in [0.29, 0.717) is 0 Å². The average Bonchev–Trinajstić information content (AvgIpc) is 2.71. The van der Waals surface area contributed by atoms with Gasteiger partial charge >= 0.3 is 0 Å². The highest BCUT2D eigenvalue weighted by Gasteiger charge is 2.52. The fourth-order valence-corrected chi connectivity index (χ4v) is 5.67. The first-order valence-electron chi connectivity index (χ1n) is 10.2. The van der Waals surface area contributed by atoms with Gasteiger partial charge in [0.25, 0.3) is 0 Å². The van der Waals surface area contributed by atoms with Crippen LogP contribution in [0.5, 0.6) is 5.75 Å². The molecule has 2 bridgehead atoms. The number of hydrogen-bond acceptors (Lipinski definition) is 5. The number of nitrogens with zero attached hydrogens (tertiary/aromatic N) is 2. The number of piperidine rings is 1. The maximum absolute atomic E-state index is 13.2. The van der Waals surface area contributed by atoms with Crippen LogP contribution in [-0.2, 0) is 34.1 Å². The molecule has 0 aromatic heterocycles. The van der Waals surface area contributed by atoms with Crippen LogP contribution < -0.4 is 0 Å². The molecule has 0 spiro atoms. The van der Waals surface area contributed by atoms with Crippen molar-refractivity contribution in [1.82, 2.24) is 9.80 Å². The third kappa shape index (κ3) is 3.55. The van der Waals surface area contributed by atoms with Gasteiger partial charge in [0.2, 0.25) is 5.91 Å².